The molecule has 2 N–H and O–H groups in total. The maximum Gasteiger partial charge on any atom is 0.327 e. The van der Waals surface area contributed by atoms with Gasteiger partial charge in [-0.25, -0.2) is 8.78 Å². The summed E-state index contributed by atoms with van der Waals surface area (Å²) in [5, 5.41) is -0.300. The van der Waals surface area contributed by atoms with Gasteiger partial charge in [-0.3, -0.25) is 4.79 Å². The first-order valence-electron chi connectivity index (χ1n) is 3.95. The summed E-state index contributed by atoms with van der Waals surface area (Å²) in [4.78, 5) is 11.0. The highest BCUT2D eigenvalue weighted by Crippen LogP contribution is 2.25. The molecule has 1 aromatic carbocycles. The van der Waals surface area contributed by atoms with Crippen LogP contribution in [-0.2, 0) is 9.53 Å². The Hall–Kier alpha value is -0.910. The van der Waals surface area contributed by atoms with Crippen molar-refractivity contribution in [3.63, 3.8) is 0 Å². The molecule has 0 radical (unpaired) electrons. The molecule has 0 spiro atoms. The summed E-state index contributed by atoms with van der Waals surface area (Å²) in [6.45, 7) is 0. The number of hydrogen-bond donors (Lipinski definition) is 1. The molecular formula is C9H9Cl2F2NO2. The number of carbonyl (C=O) groups is 1. The Morgan fingerprint density at radius 1 is 1.50 bits per heavy atom. The molecule has 3 nitrogen and oxygen atoms in total. The molecule has 1 rings (SSSR count). The van der Waals surface area contributed by atoms with Gasteiger partial charge in [0.25, 0.3) is 0 Å². The molecule has 1 aromatic rings. The van der Waals surface area contributed by atoms with Crippen LogP contribution in [0.3, 0.4) is 0 Å². The highest BCUT2D eigenvalue weighted by molar-refractivity contribution is 6.30. The Balaban J connectivity index is 0.00000225. The van der Waals surface area contributed by atoms with E-state index in [0.717, 1.165) is 19.2 Å². The number of ether oxygens (including phenoxy) is 1. The number of nitrogens with two attached hydrogens (primary N) is 1. The maximum atomic E-state index is 13.3. The van der Waals surface area contributed by atoms with Crippen molar-refractivity contribution in [3.05, 3.63) is 34.4 Å². The summed E-state index contributed by atoms with van der Waals surface area (Å²) in [6, 6.07) is 0.456. The maximum absolute atomic E-state index is 13.3. The fourth-order valence-corrected chi connectivity index (χ4v) is 1.24. The molecule has 0 fully saturated rings. The van der Waals surface area contributed by atoms with E-state index in [9.17, 15) is 13.6 Å². The minimum Gasteiger partial charge on any atom is -0.468 e. The first-order chi connectivity index (χ1) is 6.99. The monoisotopic (exact) mass is 271 g/mol. The number of hydrogen-bond acceptors (Lipinski definition) is 3. The number of rotatable bonds is 2. The van der Waals surface area contributed by atoms with Crippen molar-refractivity contribution < 1.29 is 18.3 Å². The lowest BCUT2D eigenvalue weighted by molar-refractivity contribution is -0.142. The predicted octanol–water partition coefficient (Wildman–Crippen LogP) is 2.21. The number of carbonyl (C=O) groups excluding carboxylic acids is 1. The van der Waals surface area contributed by atoms with Crippen LogP contribution < -0.4 is 5.73 Å². The SMILES string of the molecule is COC(=O)[C@@H](N)c1c(F)ccc(Cl)c1F.Cl. The molecule has 7 heteroatoms. The zero-order valence-corrected chi connectivity index (χ0v) is 9.74. The van der Waals surface area contributed by atoms with Gasteiger partial charge in [-0.15, -0.1) is 12.4 Å². The Bertz CT molecular complexity index is 401. The minimum atomic E-state index is -1.52. The van der Waals surface area contributed by atoms with Crippen LogP contribution >= 0.6 is 24.0 Å². The van der Waals surface area contributed by atoms with Gasteiger partial charge in [0.1, 0.15) is 17.7 Å². The van der Waals surface area contributed by atoms with Crippen LogP contribution in [0.1, 0.15) is 11.6 Å². The van der Waals surface area contributed by atoms with Crippen LogP contribution in [0.15, 0.2) is 12.1 Å². The van der Waals surface area contributed by atoms with Crippen LogP contribution in [0.5, 0.6) is 0 Å². The first-order valence-corrected chi connectivity index (χ1v) is 4.33. The normalized spacial score (nSPS) is 11.6. The van der Waals surface area contributed by atoms with Gasteiger partial charge in [0.05, 0.1) is 17.7 Å². The number of halogens is 4. The second-order valence-corrected chi connectivity index (χ2v) is 3.16. The summed E-state index contributed by atoms with van der Waals surface area (Å²) < 4.78 is 30.8. The van der Waals surface area contributed by atoms with Crippen molar-refractivity contribution in [2.24, 2.45) is 5.73 Å². The first kappa shape index (κ1) is 15.1. The summed E-state index contributed by atoms with van der Waals surface area (Å²) in [6.07, 6.45) is 0. The van der Waals surface area contributed by atoms with Crippen LogP contribution in [0, 0.1) is 11.6 Å². The van der Waals surface area contributed by atoms with Crippen molar-refractivity contribution in [2.45, 2.75) is 6.04 Å². The molecule has 16 heavy (non-hydrogen) atoms. The minimum absolute atomic E-state index is 0. The van der Waals surface area contributed by atoms with Crippen molar-refractivity contribution in [1.82, 2.24) is 0 Å². The predicted molar refractivity (Wildman–Crippen MR) is 57.6 cm³/mol. The summed E-state index contributed by atoms with van der Waals surface area (Å²) in [7, 11) is 1.07. The third-order valence-electron chi connectivity index (χ3n) is 1.85. The molecule has 0 bridgehead atoms. The van der Waals surface area contributed by atoms with E-state index in [1.54, 1.807) is 0 Å². The number of benzene rings is 1. The van der Waals surface area contributed by atoms with Crippen molar-refractivity contribution in [1.29, 1.82) is 0 Å². The van der Waals surface area contributed by atoms with E-state index in [-0.39, 0.29) is 17.4 Å². The lowest BCUT2D eigenvalue weighted by Gasteiger charge is -2.12. The second-order valence-electron chi connectivity index (χ2n) is 2.76. The van der Waals surface area contributed by atoms with E-state index in [1.807, 2.05) is 0 Å². The summed E-state index contributed by atoms with van der Waals surface area (Å²) >= 11 is 5.43. The summed E-state index contributed by atoms with van der Waals surface area (Å²) in [5.74, 6) is -2.92. The molecule has 0 aromatic heterocycles. The van der Waals surface area contributed by atoms with E-state index in [1.165, 1.54) is 0 Å². The lowest BCUT2D eigenvalue weighted by Crippen LogP contribution is -2.25. The smallest absolute Gasteiger partial charge is 0.327 e. The van der Waals surface area contributed by atoms with Gasteiger partial charge < -0.3 is 10.5 Å². The number of esters is 1. The average molecular weight is 272 g/mol. The zero-order chi connectivity index (χ0) is 11.6. The second kappa shape index (κ2) is 5.98. The van der Waals surface area contributed by atoms with Crippen molar-refractivity contribution in [2.75, 3.05) is 7.11 Å². The average Bonchev–Trinajstić information content (AvgIpc) is 2.22. The molecule has 1 atom stereocenters. The van der Waals surface area contributed by atoms with Gasteiger partial charge in [0, 0.05) is 0 Å². The van der Waals surface area contributed by atoms with Crippen LogP contribution in [-0.4, -0.2) is 13.1 Å². The Morgan fingerprint density at radius 3 is 2.56 bits per heavy atom. The van der Waals surface area contributed by atoms with Crippen molar-refractivity contribution >= 4 is 30.0 Å². The van der Waals surface area contributed by atoms with Gasteiger partial charge in [-0.1, -0.05) is 11.6 Å². The van der Waals surface area contributed by atoms with Crippen LogP contribution in [0.2, 0.25) is 5.02 Å². The lowest BCUT2D eigenvalue weighted by atomic mass is 10.1. The topological polar surface area (TPSA) is 52.3 Å². The Labute approximate surface area is 102 Å². The third kappa shape index (κ3) is 2.81. The van der Waals surface area contributed by atoms with E-state index < -0.39 is 29.2 Å². The molecule has 0 saturated heterocycles. The van der Waals surface area contributed by atoms with Crippen molar-refractivity contribution in [3.8, 4) is 0 Å². The Kier molecular flexibility index (Phi) is 5.64. The molecular weight excluding hydrogens is 263 g/mol. The molecule has 0 aliphatic rings. The van der Waals surface area contributed by atoms with E-state index in [2.05, 4.69) is 4.74 Å². The highest BCUT2D eigenvalue weighted by Gasteiger charge is 2.25. The fourth-order valence-electron chi connectivity index (χ4n) is 1.07. The van der Waals surface area contributed by atoms with Gasteiger partial charge in [-0.05, 0) is 12.1 Å². The summed E-state index contributed by atoms with van der Waals surface area (Å²) in [5.41, 5.74) is 4.72. The molecule has 0 unspecified atom stereocenters. The molecule has 0 aliphatic heterocycles. The van der Waals surface area contributed by atoms with Gasteiger partial charge in [0.15, 0.2) is 0 Å². The largest absolute Gasteiger partial charge is 0.468 e. The quantitative estimate of drug-likeness (QED) is 0.663. The molecule has 0 amide bonds. The van der Waals surface area contributed by atoms with Gasteiger partial charge in [0.2, 0.25) is 0 Å². The van der Waals surface area contributed by atoms with Crippen LogP contribution in [0.4, 0.5) is 8.78 Å². The standard InChI is InChI=1S/C9H8ClF2NO2.ClH/c1-15-9(14)8(13)6-5(11)3-2-4(10)7(6)12;/h2-3,8H,13H2,1H3;1H/t8-;/m0./s1. The Morgan fingerprint density at radius 2 is 2.06 bits per heavy atom. The third-order valence-corrected chi connectivity index (χ3v) is 2.14. The molecule has 0 aliphatic carbocycles. The molecule has 0 saturated carbocycles. The highest BCUT2D eigenvalue weighted by atomic mass is 35.5. The van der Waals surface area contributed by atoms with E-state index >= 15 is 0 Å². The fraction of sp³-hybridized carbons (Fsp3) is 0.222. The zero-order valence-electron chi connectivity index (χ0n) is 8.17. The van der Waals surface area contributed by atoms with Gasteiger partial charge >= 0.3 is 5.97 Å². The van der Waals surface area contributed by atoms with E-state index in [4.69, 9.17) is 17.3 Å². The number of methoxy groups -OCH3 is 1. The molecule has 0 heterocycles. The van der Waals surface area contributed by atoms with Gasteiger partial charge in [-0.2, -0.15) is 0 Å². The molecule has 90 valence electrons. The van der Waals surface area contributed by atoms with E-state index in [0.29, 0.717) is 0 Å². The van der Waals surface area contributed by atoms with Crippen LogP contribution in [0.25, 0.3) is 0 Å².